The molecule has 62 valence electrons. The summed E-state index contributed by atoms with van der Waals surface area (Å²) in [5.41, 5.74) is 1.49. The van der Waals surface area contributed by atoms with E-state index in [0.29, 0.717) is 6.61 Å². The van der Waals surface area contributed by atoms with Gasteiger partial charge in [0.15, 0.2) is 0 Å². The summed E-state index contributed by atoms with van der Waals surface area (Å²) in [4.78, 5) is 0. The van der Waals surface area contributed by atoms with Crippen LogP contribution in [0.3, 0.4) is 0 Å². The van der Waals surface area contributed by atoms with Gasteiger partial charge in [0.25, 0.3) is 0 Å². The summed E-state index contributed by atoms with van der Waals surface area (Å²) in [6.07, 6.45) is 6.41. The Kier molecular flexibility index (Phi) is 1.64. The Morgan fingerprint density at radius 2 is 2.36 bits per heavy atom. The van der Waals surface area contributed by atoms with Crippen LogP contribution in [0.25, 0.3) is 0 Å². The highest BCUT2D eigenvalue weighted by Gasteiger charge is 2.45. The first kappa shape index (κ1) is 7.17. The van der Waals surface area contributed by atoms with Gasteiger partial charge >= 0.3 is 0 Å². The van der Waals surface area contributed by atoms with Crippen molar-refractivity contribution >= 4 is 0 Å². The molecule has 2 heteroatoms. The lowest BCUT2D eigenvalue weighted by Gasteiger charge is -2.20. The lowest BCUT2D eigenvalue weighted by atomic mass is 9.93. The van der Waals surface area contributed by atoms with E-state index in [1.807, 2.05) is 6.26 Å². The monoisotopic (exact) mass is 154 g/mol. The quantitative estimate of drug-likeness (QED) is 0.652. The molecule has 1 aliphatic heterocycles. The normalized spacial score (nSPS) is 27.2. The largest absolute Gasteiger partial charge is 0.501 e. The topological polar surface area (TPSA) is 29.5 Å². The molecule has 0 spiro atoms. The fourth-order valence-electron chi connectivity index (χ4n) is 1.69. The van der Waals surface area contributed by atoms with Gasteiger partial charge in [0.1, 0.15) is 0 Å². The van der Waals surface area contributed by atoms with E-state index in [1.165, 1.54) is 5.57 Å². The van der Waals surface area contributed by atoms with Crippen molar-refractivity contribution in [3.05, 3.63) is 11.8 Å². The number of hydrogen-bond donors (Lipinski definition) is 1. The maximum atomic E-state index is 9.11. The first-order valence-electron chi connectivity index (χ1n) is 4.29. The molecule has 0 bridgehead atoms. The van der Waals surface area contributed by atoms with Gasteiger partial charge in [-0.25, -0.2) is 0 Å². The fraction of sp³-hybridized carbons (Fsp3) is 0.778. The Labute approximate surface area is 66.9 Å². The summed E-state index contributed by atoms with van der Waals surface area (Å²) in [5.74, 6) is 0. The van der Waals surface area contributed by atoms with Crippen LogP contribution in [0.4, 0.5) is 0 Å². The van der Waals surface area contributed by atoms with Crippen molar-refractivity contribution in [3.63, 3.8) is 0 Å². The summed E-state index contributed by atoms with van der Waals surface area (Å²) in [7, 11) is 0. The third-order valence-corrected chi connectivity index (χ3v) is 2.77. The highest BCUT2D eigenvalue weighted by atomic mass is 16.5. The van der Waals surface area contributed by atoms with E-state index in [9.17, 15) is 0 Å². The van der Waals surface area contributed by atoms with E-state index < -0.39 is 0 Å². The molecule has 2 nitrogen and oxygen atoms in total. The van der Waals surface area contributed by atoms with Gasteiger partial charge in [-0.2, -0.15) is 0 Å². The van der Waals surface area contributed by atoms with Crippen molar-refractivity contribution in [1.29, 1.82) is 0 Å². The van der Waals surface area contributed by atoms with Crippen molar-refractivity contribution in [3.8, 4) is 0 Å². The molecule has 0 radical (unpaired) electrons. The molecule has 1 N–H and O–H groups in total. The molecule has 1 fully saturated rings. The highest BCUT2D eigenvalue weighted by Crippen LogP contribution is 2.53. The zero-order valence-electron chi connectivity index (χ0n) is 6.68. The average Bonchev–Trinajstić information content (AvgIpc) is 2.86. The molecule has 0 unspecified atom stereocenters. The SMILES string of the molecule is OCC1(C2=COCCC2)CC1. The second kappa shape index (κ2) is 2.52. The Hall–Kier alpha value is -0.500. The van der Waals surface area contributed by atoms with Gasteiger partial charge in [-0.05, 0) is 31.3 Å². The Balaban J connectivity index is 2.08. The third-order valence-electron chi connectivity index (χ3n) is 2.77. The van der Waals surface area contributed by atoms with Crippen LogP contribution in [0.15, 0.2) is 11.8 Å². The minimum atomic E-state index is 0.153. The van der Waals surface area contributed by atoms with Crippen LogP contribution in [0.2, 0.25) is 0 Å². The smallest absolute Gasteiger partial charge is 0.0876 e. The van der Waals surface area contributed by atoms with Crippen LogP contribution in [-0.2, 0) is 4.74 Å². The predicted molar refractivity (Wildman–Crippen MR) is 42.0 cm³/mol. The summed E-state index contributed by atoms with van der Waals surface area (Å²) in [6.45, 7) is 1.16. The van der Waals surface area contributed by atoms with E-state index in [4.69, 9.17) is 9.84 Å². The Bertz CT molecular complexity index is 180. The highest BCUT2D eigenvalue weighted by molar-refractivity contribution is 5.21. The molecule has 11 heavy (non-hydrogen) atoms. The number of rotatable bonds is 2. The molecular formula is C9H14O2. The molecule has 2 rings (SSSR count). The minimum Gasteiger partial charge on any atom is -0.501 e. The van der Waals surface area contributed by atoms with Crippen molar-refractivity contribution < 1.29 is 9.84 Å². The average molecular weight is 154 g/mol. The van der Waals surface area contributed by atoms with Crippen LogP contribution in [0, 0.1) is 5.41 Å². The molecule has 1 saturated carbocycles. The van der Waals surface area contributed by atoms with Gasteiger partial charge in [0, 0.05) is 5.41 Å². The molecule has 2 aliphatic rings. The van der Waals surface area contributed by atoms with Crippen LogP contribution >= 0.6 is 0 Å². The summed E-state index contributed by atoms with van der Waals surface area (Å²) in [5, 5.41) is 9.11. The second-order valence-corrected chi connectivity index (χ2v) is 3.56. The van der Waals surface area contributed by atoms with Gasteiger partial charge < -0.3 is 9.84 Å². The molecule has 0 atom stereocenters. The van der Waals surface area contributed by atoms with Gasteiger partial charge in [-0.3, -0.25) is 0 Å². The minimum absolute atomic E-state index is 0.153. The van der Waals surface area contributed by atoms with Gasteiger partial charge in [-0.15, -0.1) is 0 Å². The number of aliphatic hydroxyl groups excluding tert-OH is 1. The number of aliphatic hydroxyl groups is 1. The van der Waals surface area contributed by atoms with Crippen molar-refractivity contribution in [2.75, 3.05) is 13.2 Å². The second-order valence-electron chi connectivity index (χ2n) is 3.56. The van der Waals surface area contributed by atoms with Crippen LogP contribution in [0.5, 0.6) is 0 Å². The zero-order valence-corrected chi connectivity index (χ0v) is 6.68. The first-order valence-corrected chi connectivity index (χ1v) is 4.29. The standard InChI is InChI=1S/C9H14O2/c10-7-9(3-4-9)8-2-1-5-11-6-8/h6,10H,1-5,7H2. The van der Waals surface area contributed by atoms with Crippen molar-refractivity contribution in [1.82, 2.24) is 0 Å². The first-order chi connectivity index (χ1) is 5.37. The summed E-state index contributed by atoms with van der Waals surface area (Å²) < 4.78 is 5.24. The molecule has 0 aromatic carbocycles. The van der Waals surface area contributed by atoms with Gasteiger partial charge in [0.05, 0.1) is 19.5 Å². The van der Waals surface area contributed by atoms with E-state index in [2.05, 4.69) is 0 Å². The lowest BCUT2D eigenvalue weighted by molar-refractivity contribution is 0.190. The molecule has 0 amide bonds. The maximum Gasteiger partial charge on any atom is 0.0876 e. The van der Waals surface area contributed by atoms with E-state index in [1.54, 1.807) is 0 Å². The van der Waals surface area contributed by atoms with Crippen LogP contribution in [0.1, 0.15) is 25.7 Å². The third kappa shape index (κ3) is 1.16. The molecule has 1 aliphatic carbocycles. The maximum absolute atomic E-state index is 9.11. The Morgan fingerprint density at radius 3 is 2.82 bits per heavy atom. The van der Waals surface area contributed by atoms with Crippen LogP contribution in [-0.4, -0.2) is 18.3 Å². The van der Waals surface area contributed by atoms with Gasteiger partial charge in [0.2, 0.25) is 0 Å². The lowest BCUT2D eigenvalue weighted by Crippen LogP contribution is -2.14. The van der Waals surface area contributed by atoms with E-state index in [0.717, 1.165) is 32.3 Å². The molecular weight excluding hydrogens is 140 g/mol. The molecule has 0 aromatic heterocycles. The zero-order chi connectivity index (χ0) is 7.73. The predicted octanol–water partition coefficient (Wildman–Crippen LogP) is 1.45. The Morgan fingerprint density at radius 1 is 1.55 bits per heavy atom. The summed E-state index contributed by atoms with van der Waals surface area (Å²) in [6, 6.07) is 0. The van der Waals surface area contributed by atoms with Crippen LogP contribution < -0.4 is 0 Å². The van der Waals surface area contributed by atoms with E-state index in [-0.39, 0.29) is 5.41 Å². The summed E-state index contributed by atoms with van der Waals surface area (Å²) >= 11 is 0. The fourth-order valence-corrected chi connectivity index (χ4v) is 1.69. The van der Waals surface area contributed by atoms with E-state index >= 15 is 0 Å². The van der Waals surface area contributed by atoms with Crippen molar-refractivity contribution in [2.45, 2.75) is 25.7 Å². The number of hydrogen-bond acceptors (Lipinski definition) is 2. The molecule has 0 saturated heterocycles. The number of ether oxygens (including phenoxy) is 1. The molecule has 0 aromatic rings. The van der Waals surface area contributed by atoms with Gasteiger partial charge in [-0.1, -0.05) is 0 Å². The molecule has 1 heterocycles. The van der Waals surface area contributed by atoms with Crippen molar-refractivity contribution in [2.24, 2.45) is 5.41 Å².